The second kappa shape index (κ2) is 5.81. The first-order valence-electron chi connectivity index (χ1n) is 8.30. The molecule has 0 spiro atoms. The summed E-state index contributed by atoms with van der Waals surface area (Å²) in [6, 6.07) is 6.02. The van der Waals surface area contributed by atoms with Crippen LogP contribution >= 0.6 is 0 Å². The Hall–Kier alpha value is -2.15. The van der Waals surface area contributed by atoms with Crippen molar-refractivity contribution in [3.05, 3.63) is 34.9 Å². The molecule has 0 radical (unpaired) electrons. The Kier molecular flexibility index (Phi) is 3.65. The molecule has 23 heavy (non-hydrogen) atoms. The zero-order chi connectivity index (χ0) is 15.8. The van der Waals surface area contributed by atoms with Crippen LogP contribution in [0.15, 0.2) is 29.2 Å². The normalized spacial score (nSPS) is 24.7. The Bertz CT molecular complexity index is 780. The number of pyridine rings is 1. The number of fused-ring (bicyclic) bond motifs is 2. The maximum atomic E-state index is 12.3. The third-order valence-electron chi connectivity index (χ3n) is 4.98. The van der Waals surface area contributed by atoms with Crippen LogP contribution in [0.25, 0.3) is 5.65 Å². The fraction of sp³-hybridized carbons (Fsp3) is 0.562. The number of carbonyl (C=O) groups excluding carboxylic acids is 1. The van der Waals surface area contributed by atoms with Crippen LogP contribution in [0.1, 0.15) is 25.7 Å². The molecule has 2 fully saturated rings. The predicted octanol–water partition coefficient (Wildman–Crippen LogP) is 0.239. The monoisotopic (exact) mass is 315 g/mol. The van der Waals surface area contributed by atoms with Gasteiger partial charge >= 0.3 is 5.69 Å². The molecule has 0 aliphatic carbocycles. The molecule has 2 aliphatic rings. The second-order valence-electron chi connectivity index (χ2n) is 6.43. The summed E-state index contributed by atoms with van der Waals surface area (Å²) in [6.07, 6.45) is 6.30. The molecule has 0 saturated carbocycles. The molecule has 0 unspecified atom stereocenters. The zero-order valence-corrected chi connectivity index (χ0v) is 13.0. The van der Waals surface area contributed by atoms with E-state index in [-0.39, 0.29) is 24.2 Å². The van der Waals surface area contributed by atoms with Crippen molar-refractivity contribution in [2.75, 3.05) is 13.1 Å². The first-order chi connectivity index (χ1) is 11.2. The summed E-state index contributed by atoms with van der Waals surface area (Å²) in [5.74, 6) is -0.132. The number of hydrogen-bond acceptors (Lipinski definition) is 4. The van der Waals surface area contributed by atoms with Crippen LogP contribution in [-0.4, -0.2) is 50.2 Å². The average Bonchev–Trinajstić information content (AvgIpc) is 3.10. The minimum absolute atomic E-state index is 0.0241. The zero-order valence-electron chi connectivity index (χ0n) is 13.0. The number of amides is 1. The molecule has 7 nitrogen and oxygen atoms in total. The molecule has 1 N–H and O–H groups in total. The van der Waals surface area contributed by atoms with Crippen LogP contribution in [0.4, 0.5) is 0 Å². The molecule has 2 aliphatic heterocycles. The van der Waals surface area contributed by atoms with Crippen LogP contribution in [0, 0.1) is 0 Å². The number of nitrogens with one attached hydrogen (secondary N) is 1. The van der Waals surface area contributed by atoms with Gasteiger partial charge in [0.2, 0.25) is 5.91 Å². The van der Waals surface area contributed by atoms with Gasteiger partial charge in [0.1, 0.15) is 6.54 Å². The van der Waals surface area contributed by atoms with E-state index < -0.39 is 0 Å². The van der Waals surface area contributed by atoms with Gasteiger partial charge in [0, 0.05) is 24.8 Å². The van der Waals surface area contributed by atoms with Crippen LogP contribution in [0.3, 0.4) is 0 Å². The minimum Gasteiger partial charge on any atom is -0.350 e. The highest BCUT2D eigenvalue weighted by Gasteiger charge is 2.36. The number of nitrogens with zero attached hydrogens (tertiary/aromatic N) is 4. The summed E-state index contributed by atoms with van der Waals surface area (Å²) >= 11 is 0. The summed E-state index contributed by atoms with van der Waals surface area (Å²) in [7, 11) is 0. The smallest absolute Gasteiger partial charge is 0.350 e. The second-order valence-corrected chi connectivity index (χ2v) is 6.43. The van der Waals surface area contributed by atoms with Crippen molar-refractivity contribution >= 4 is 11.6 Å². The lowest BCUT2D eigenvalue weighted by Crippen LogP contribution is -2.48. The molecule has 7 heteroatoms. The highest BCUT2D eigenvalue weighted by atomic mass is 16.2. The van der Waals surface area contributed by atoms with Crippen molar-refractivity contribution < 1.29 is 4.79 Å². The lowest BCUT2D eigenvalue weighted by atomic mass is 9.99. The molecule has 1 amide bonds. The first-order valence-corrected chi connectivity index (χ1v) is 8.30. The van der Waals surface area contributed by atoms with Gasteiger partial charge in [0.05, 0.1) is 0 Å². The summed E-state index contributed by atoms with van der Waals surface area (Å²) < 4.78 is 2.68. The number of hydrogen-bond donors (Lipinski definition) is 1. The molecule has 4 rings (SSSR count). The van der Waals surface area contributed by atoms with Crippen molar-refractivity contribution in [1.82, 2.24) is 24.4 Å². The SMILES string of the molecule is O=C(Cn1nc2ccccn2c1=O)N[C@H]1CCN2CCCC[C@@H]12. The molecule has 2 aromatic rings. The van der Waals surface area contributed by atoms with Gasteiger partial charge in [0.25, 0.3) is 0 Å². The maximum absolute atomic E-state index is 12.3. The largest absolute Gasteiger partial charge is 0.350 e. The molecule has 4 heterocycles. The Balaban J connectivity index is 1.45. The van der Waals surface area contributed by atoms with Crippen LogP contribution in [0.5, 0.6) is 0 Å². The standard InChI is InChI=1S/C16H21N5O2/c22-15(17-12-7-10-19-8-3-1-5-13(12)19)11-21-16(23)20-9-4-2-6-14(20)18-21/h2,4,6,9,12-13H,1,3,5,7-8,10-11H2,(H,17,22)/t12-,13-/m0/s1. The molecular formula is C16H21N5O2. The van der Waals surface area contributed by atoms with E-state index >= 15 is 0 Å². The van der Waals surface area contributed by atoms with E-state index in [1.165, 1.54) is 21.9 Å². The number of aromatic nitrogens is 3. The van der Waals surface area contributed by atoms with Crippen molar-refractivity contribution in [3.8, 4) is 0 Å². The van der Waals surface area contributed by atoms with Gasteiger partial charge in [0.15, 0.2) is 5.65 Å². The van der Waals surface area contributed by atoms with E-state index in [9.17, 15) is 9.59 Å². The highest BCUT2D eigenvalue weighted by Crippen LogP contribution is 2.27. The van der Waals surface area contributed by atoms with Gasteiger partial charge in [-0.25, -0.2) is 9.48 Å². The molecule has 0 bridgehead atoms. The quantitative estimate of drug-likeness (QED) is 0.881. The summed E-state index contributed by atoms with van der Waals surface area (Å²) in [5, 5.41) is 7.31. The van der Waals surface area contributed by atoms with Crippen molar-refractivity contribution in [1.29, 1.82) is 0 Å². The topological polar surface area (TPSA) is 71.6 Å². The lowest BCUT2D eigenvalue weighted by molar-refractivity contribution is -0.122. The number of rotatable bonds is 3. The van der Waals surface area contributed by atoms with Crippen LogP contribution < -0.4 is 11.0 Å². The average molecular weight is 315 g/mol. The van der Waals surface area contributed by atoms with Gasteiger partial charge in [-0.2, -0.15) is 0 Å². The number of carbonyl (C=O) groups is 1. The lowest BCUT2D eigenvalue weighted by Gasteiger charge is -2.32. The van der Waals surface area contributed by atoms with Gasteiger partial charge in [-0.3, -0.25) is 14.1 Å². The van der Waals surface area contributed by atoms with Crippen molar-refractivity contribution in [3.63, 3.8) is 0 Å². The minimum atomic E-state index is -0.276. The molecular weight excluding hydrogens is 294 g/mol. The van der Waals surface area contributed by atoms with E-state index in [0.29, 0.717) is 11.7 Å². The summed E-state index contributed by atoms with van der Waals surface area (Å²) in [6.45, 7) is 2.18. The molecule has 2 saturated heterocycles. The highest BCUT2D eigenvalue weighted by molar-refractivity contribution is 5.76. The fourth-order valence-electron chi connectivity index (χ4n) is 3.88. The van der Waals surface area contributed by atoms with E-state index in [1.807, 2.05) is 6.07 Å². The Morgan fingerprint density at radius 2 is 2.17 bits per heavy atom. The number of piperidine rings is 1. The van der Waals surface area contributed by atoms with Gasteiger partial charge in [-0.15, -0.1) is 5.10 Å². The van der Waals surface area contributed by atoms with E-state index in [2.05, 4.69) is 15.3 Å². The van der Waals surface area contributed by atoms with Crippen LogP contribution in [0.2, 0.25) is 0 Å². The van der Waals surface area contributed by atoms with Gasteiger partial charge in [-0.1, -0.05) is 12.5 Å². The third kappa shape index (κ3) is 2.65. The molecule has 0 aromatic carbocycles. The van der Waals surface area contributed by atoms with E-state index in [4.69, 9.17) is 0 Å². The van der Waals surface area contributed by atoms with Gasteiger partial charge < -0.3 is 5.32 Å². The van der Waals surface area contributed by atoms with Crippen molar-refractivity contribution in [2.24, 2.45) is 0 Å². The van der Waals surface area contributed by atoms with Gasteiger partial charge in [-0.05, 0) is 37.9 Å². The molecule has 122 valence electrons. The van der Waals surface area contributed by atoms with Crippen LogP contribution in [-0.2, 0) is 11.3 Å². The Labute approximate surface area is 133 Å². The molecule has 2 atom stereocenters. The first kappa shape index (κ1) is 14.4. The Morgan fingerprint density at radius 3 is 3.04 bits per heavy atom. The summed E-state index contributed by atoms with van der Waals surface area (Å²) in [4.78, 5) is 27.0. The molecule has 2 aromatic heterocycles. The van der Waals surface area contributed by atoms with E-state index in [0.717, 1.165) is 25.9 Å². The predicted molar refractivity (Wildman–Crippen MR) is 85.2 cm³/mol. The van der Waals surface area contributed by atoms with E-state index in [1.54, 1.807) is 18.3 Å². The summed E-state index contributed by atoms with van der Waals surface area (Å²) in [5.41, 5.74) is 0.283. The Morgan fingerprint density at radius 1 is 1.26 bits per heavy atom. The third-order valence-corrected chi connectivity index (χ3v) is 4.98. The fourth-order valence-corrected chi connectivity index (χ4v) is 3.88. The maximum Gasteiger partial charge on any atom is 0.350 e. The van der Waals surface area contributed by atoms with Crippen molar-refractivity contribution in [2.45, 2.75) is 44.3 Å².